The topological polar surface area (TPSA) is 114 Å². The Morgan fingerprint density at radius 1 is 1.05 bits per heavy atom. The molecule has 1 heterocycles. The van der Waals surface area contributed by atoms with Gasteiger partial charge in [-0.3, -0.25) is 5.32 Å². The molecule has 4 rings (SSSR count). The summed E-state index contributed by atoms with van der Waals surface area (Å²) in [5.74, 6) is 0. The summed E-state index contributed by atoms with van der Waals surface area (Å²) in [5, 5.41) is 4.59. The predicted molar refractivity (Wildman–Crippen MR) is 156 cm³/mol. The molecule has 0 aliphatic carbocycles. The standard InChI is InChI=1S/C27H29Br2N3O6S/c1-27(2,3)38-26(34)32-15-19(31-39(35,36)24-13-18(28)11-12-22(24)29)14-20(32)16-37-25(33)30-23-10-6-8-17-7-4-5-9-21(17)23/h4-13,19-20,31H,14-16H2,1-3H3,(H,30,33)/t19-,20-/m1/s1. The lowest BCUT2D eigenvalue weighted by molar-refractivity contribution is 0.0163. The Bertz CT molecular complexity index is 1490. The number of halogens is 2. The number of ether oxygens (including phenoxy) is 2. The van der Waals surface area contributed by atoms with Crippen molar-refractivity contribution in [3.8, 4) is 0 Å². The third kappa shape index (κ3) is 7.50. The third-order valence-electron chi connectivity index (χ3n) is 5.98. The fourth-order valence-corrected chi connectivity index (χ4v) is 7.06. The van der Waals surface area contributed by atoms with E-state index in [1.54, 1.807) is 39.0 Å². The highest BCUT2D eigenvalue weighted by atomic mass is 79.9. The second-order valence-electron chi connectivity index (χ2n) is 10.2. The number of nitrogens with one attached hydrogen (secondary N) is 2. The van der Waals surface area contributed by atoms with Gasteiger partial charge in [-0.1, -0.05) is 52.3 Å². The Balaban J connectivity index is 1.47. The van der Waals surface area contributed by atoms with Gasteiger partial charge in [-0.05, 0) is 72.8 Å². The number of carbonyl (C=O) groups excluding carboxylic acids is 2. The molecule has 2 N–H and O–H groups in total. The predicted octanol–water partition coefficient (Wildman–Crippen LogP) is 6.27. The highest BCUT2D eigenvalue weighted by molar-refractivity contribution is 9.11. The molecule has 3 aromatic carbocycles. The summed E-state index contributed by atoms with van der Waals surface area (Å²) < 4.78 is 41.0. The molecule has 1 aliphatic rings. The van der Waals surface area contributed by atoms with E-state index in [2.05, 4.69) is 41.9 Å². The average Bonchev–Trinajstić information content (AvgIpc) is 3.25. The zero-order chi connectivity index (χ0) is 28.4. The minimum Gasteiger partial charge on any atom is -0.447 e. The van der Waals surface area contributed by atoms with Crippen molar-refractivity contribution in [3.05, 3.63) is 69.6 Å². The molecular formula is C27H29Br2N3O6S. The summed E-state index contributed by atoms with van der Waals surface area (Å²) in [5.41, 5.74) is -0.161. The fraction of sp³-hybridized carbons (Fsp3) is 0.333. The maximum absolute atomic E-state index is 13.2. The molecule has 39 heavy (non-hydrogen) atoms. The number of carbonyl (C=O) groups is 2. The van der Waals surface area contributed by atoms with Crippen LogP contribution >= 0.6 is 31.9 Å². The number of amides is 2. The van der Waals surface area contributed by atoms with Gasteiger partial charge in [0.2, 0.25) is 10.0 Å². The minimum atomic E-state index is -3.92. The van der Waals surface area contributed by atoms with Crippen LogP contribution in [0.4, 0.5) is 15.3 Å². The highest BCUT2D eigenvalue weighted by Gasteiger charge is 2.40. The number of sulfonamides is 1. The van der Waals surface area contributed by atoms with Crippen molar-refractivity contribution in [2.45, 2.75) is 49.8 Å². The Morgan fingerprint density at radius 3 is 2.51 bits per heavy atom. The van der Waals surface area contributed by atoms with E-state index in [1.165, 1.54) is 11.0 Å². The summed E-state index contributed by atoms with van der Waals surface area (Å²) in [6.07, 6.45) is -1.07. The van der Waals surface area contributed by atoms with Gasteiger partial charge in [0, 0.05) is 26.9 Å². The maximum Gasteiger partial charge on any atom is 0.411 e. The van der Waals surface area contributed by atoms with E-state index in [1.807, 2.05) is 36.4 Å². The molecule has 2 atom stereocenters. The van der Waals surface area contributed by atoms with Gasteiger partial charge in [0.15, 0.2) is 0 Å². The first-order valence-electron chi connectivity index (χ1n) is 12.2. The van der Waals surface area contributed by atoms with Crippen molar-refractivity contribution in [2.24, 2.45) is 0 Å². The first-order chi connectivity index (χ1) is 18.3. The van der Waals surface area contributed by atoms with Crippen molar-refractivity contribution >= 4 is 70.5 Å². The van der Waals surface area contributed by atoms with Crippen LogP contribution in [0.25, 0.3) is 10.8 Å². The summed E-state index contributed by atoms with van der Waals surface area (Å²) in [6.45, 7) is 5.15. The van der Waals surface area contributed by atoms with Crippen molar-refractivity contribution in [1.82, 2.24) is 9.62 Å². The lowest BCUT2D eigenvalue weighted by atomic mass is 10.1. The summed E-state index contributed by atoms with van der Waals surface area (Å²) in [4.78, 5) is 27.2. The Hall–Kier alpha value is -2.67. The van der Waals surface area contributed by atoms with Gasteiger partial charge in [-0.2, -0.15) is 0 Å². The van der Waals surface area contributed by atoms with Crippen molar-refractivity contribution < 1.29 is 27.5 Å². The zero-order valence-electron chi connectivity index (χ0n) is 21.6. The number of hydrogen-bond acceptors (Lipinski definition) is 6. The van der Waals surface area contributed by atoms with Crippen LogP contribution < -0.4 is 10.0 Å². The van der Waals surface area contributed by atoms with Crippen molar-refractivity contribution in [2.75, 3.05) is 18.5 Å². The molecule has 12 heteroatoms. The maximum atomic E-state index is 13.2. The third-order valence-corrected chi connectivity index (χ3v) is 8.99. The normalized spacial score (nSPS) is 17.7. The van der Waals surface area contributed by atoms with Gasteiger partial charge in [-0.15, -0.1) is 0 Å². The lowest BCUT2D eigenvalue weighted by Gasteiger charge is -2.28. The molecular weight excluding hydrogens is 654 g/mol. The largest absolute Gasteiger partial charge is 0.447 e. The first kappa shape index (κ1) is 29.3. The lowest BCUT2D eigenvalue weighted by Crippen LogP contribution is -2.43. The molecule has 1 fully saturated rings. The van der Waals surface area contributed by atoms with Gasteiger partial charge in [-0.25, -0.2) is 22.7 Å². The summed E-state index contributed by atoms with van der Waals surface area (Å²) in [6, 6.07) is 16.8. The zero-order valence-corrected chi connectivity index (χ0v) is 25.6. The molecule has 0 spiro atoms. The van der Waals surface area contributed by atoms with Crippen LogP contribution in [0.1, 0.15) is 27.2 Å². The van der Waals surface area contributed by atoms with E-state index < -0.39 is 39.9 Å². The Morgan fingerprint density at radius 2 is 1.77 bits per heavy atom. The highest BCUT2D eigenvalue weighted by Crippen LogP contribution is 2.28. The van der Waals surface area contributed by atoms with E-state index in [0.29, 0.717) is 14.6 Å². The van der Waals surface area contributed by atoms with Crippen LogP contribution in [-0.2, 0) is 19.5 Å². The van der Waals surface area contributed by atoms with E-state index in [-0.39, 0.29) is 24.5 Å². The number of anilines is 1. The van der Waals surface area contributed by atoms with Crippen LogP contribution in [-0.4, -0.2) is 56.3 Å². The van der Waals surface area contributed by atoms with Crippen LogP contribution in [0.3, 0.4) is 0 Å². The molecule has 0 aromatic heterocycles. The van der Waals surface area contributed by atoms with Gasteiger partial charge in [0.25, 0.3) is 0 Å². The fourth-order valence-electron chi connectivity index (χ4n) is 4.32. The number of benzene rings is 3. The van der Waals surface area contributed by atoms with Crippen LogP contribution in [0.5, 0.6) is 0 Å². The summed E-state index contributed by atoms with van der Waals surface area (Å²) in [7, 11) is -3.92. The van der Waals surface area contributed by atoms with Crippen molar-refractivity contribution in [3.63, 3.8) is 0 Å². The summed E-state index contributed by atoms with van der Waals surface area (Å²) >= 11 is 6.59. The Labute approximate surface area is 244 Å². The molecule has 0 radical (unpaired) electrons. The second kappa shape index (κ2) is 11.8. The molecule has 0 unspecified atom stereocenters. The second-order valence-corrected chi connectivity index (χ2v) is 13.6. The van der Waals surface area contributed by atoms with Gasteiger partial charge in [0.05, 0.1) is 16.6 Å². The SMILES string of the molecule is CC(C)(C)OC(=O)N1C[C@H](NS(=O)(=O)c2cc(Br)ccc2Br)C[C@@H]1COC(=O)Nc1cccc2ccccc12. The number of rotatable bonds is 6. The average molecular weight is 683 g/mol. The van der Waals surface area contributed by atoms with Crippen LogP contribution in [0, 0.1) is 0 Å². The molecule has 3 aromatic rings. The molecule has 2 amide bonds. The monoisotopic (exact) mass is 681 g/mol. The number of hydrogen-bond donors (Lipinski definition) is 2. The van der Waals surface area contributed by atoms with Crippen molar-refractivity contribution in [1.29, 1.82) is 0 Å². The minimum absolute atomic E-state index is 0.0543. The molecule has 9 nitrogen and oxygen atoms in total. The number of nitrogens with zero attached hydrogens (tertiary/aromatic N) is 1. The van der Waals surface area contributed by atoms with Gasteiger partial charge < -0.3 is 14.4 Å². The van der Waals surface area contributed by atoms with E-state index in [9.17, 15) is 18.0 Å². The van der Waals surface area contributed by atoms with E-state index in [4.69, 9.17) is 9.47 Å². The smallest absolute Gasteiger partial charge is 0.411 e. The molecule has 1 saturated heterocycles. The molecule has 208 valence electrons. The van der Waals surface area contributed by atoms with Crippen LogP contribution in [0.2, 0.25) is 0 Å². The van der Waals surface area contributed by atoms with Gasteiger partial charge >= 0.3 is 12.2 Å². The van der Waals surface area contributed by atoms with Crippen LogP contribution in [0.15, 0.2) is 74.5 Å². The van der Waals surface area contributed by atoms with Gasteiger partial charge in [0.1, 0.15) is 12.2 Å². The number of likely N-dealkylation sites (tertiary alicyclic amines) is 1. The Kier molecular flexibility index (Phi) is 8.89. The first-order valence-corrected chi connectivity index (χ1v) is 15.3. The molecule has 0 bridgehead atoms. The number of fused-ring (bicyclic) bond motifs is 1. The molecule has 1 aliphatic heterocycles. The van der Waals surface area contributed by atoms with E-state index >= 15 is 0 Å². The van der Waals surface area contributed by atoms with E-state index in [0.717, 1.165) is 10.8 Å². The quantitative estimate of drug-likeness (QED) is 0.317. The molecule has 0 saturated carbocycles.